The van der Waals surface area contributed by atoms with Gasteiger partial charge in [-0.25, -0.2) is 0 Å². The van der Waals surface area contributed by atoms with Crippen LogP contribution in [-0.2, 0) is 10.1 Å². The minimum Gasteiger partial charge on any atom is -0.331 e. The zero-order valence-electron chi connectivity index (χ0n) is 20.6. The van der Waals surface area contributed by atoms with Crippen molar-refractivity contribution >= 4 is 10.1 Å². The van der Waals surface area contributed by atoms with E-state index in [1.165, 1.54) is 109 Å². The zero-order chi connectivity index (χ0) is 22.4. The van der Waals surface area contributed by atoms with Gasteiger partial charge >= 0.3 is 0 Å². The van der Waals surface area contributed by atoms with Crippen LogP contribution in [0, 0.1) is 0 Å². The fourth-order valence-electron chi connectivity index (χ4n) is 3.39. The van der Waals surface area contributed by atoms with Crippen LogP contribution in [0.25, 0.3) is 0 Å². The molecule has 0 aliphatic carbocycles. The van der Waals surface area contributed by atoms with E-state index in [-0.39, 0.29) is 5.75 Å². The lowest BCUT2D eigenvalue weighted by Crippen LogP contribution is -2.35. The van der Waals surface area contributed by atoms with E-state index >= 15 is 0 Å². The predicted octanol–water partition coefficient (Wildman–Crippen LogP) is 7.24. The van der Waals surface area contributed by atoms with E-state index in [1.807, 2.05) is 0 Å². The van der Waals surface area contributed by atoms with Gasteiger partial charge in [0.2, 0.25) is 0 Å². The lowest BCUT2D eigenvalue weighted by atomic mass is 10.0. The van der Waals surface area contributed by atoms with Gasteiger partial charge in [0, 0.05) is 0 Å². The summed E-state index contributed by atoms with van der Waals surface area (Å²) in [7, 11) is 3.22. The average Bonchev–Trinajstić information content (AvgIpc) is 2.60. The van der Waals surface area contributed by atoms with Gasteiger partial charge in [-0.2, -0.15) is 8.42 Å². The Labute approximate surface area is 184 Å². The normalized spacial score (nSPS) is 11.9. The summed E-state index contributed by atoms with van der Waals surface area (Å²) in [6.07, 6.45) is 23.8. The van der Waals surface area contributed by atoms with E-state index in [1.54, 1.807) is 6.92 Å². The molecular formula is C24H54NO3S+. The van der Waals surface area contributed by atoms with Gasteiger partial charge in [-0.1, -0.05) is 104 Å². The molecule has 0 rings (SSSR count). The second-order valence-electron chi connectivity index (χ2n) is 9.60. The number of rotatable bonds is 19. The Morgan fingerprint density at radius 1 is 0.552 bits per heavy atom. The highest BCUT2D eigenvalue weighted by Crippen LogP contribution is 2.13. The molecule has 0 saturated carbocycles. The lowest BCUT2D eigenvalue weighted by Gasteiger charge is -2.23. The molecule has 0 aliphatic heterocycles. The van der Waals surface area contributed by atoms with Crippen molar-refractivity contribution in [1.82, 2.24) is 0 Å². The number of hydrogen-bond donors (Lipinski definition) is 1. The molecular weight excluding hydrogens is 382 g/mol. The highest BCUT2D eigenvalue weighted by Gasteiger charge is 2.05. The molecule has 0 aliphatic rings. The van der Waals surface area contributed by atoms with Gasteiger partial charge in [-0.3, -0.25) is 4.55 Å². The second kappa shape index (κ2) is 21.1. The standard InChI is InChI=1S/C21H46N.C3H8O3S/c1-5-6-7-8-9-10-11-12-13-14-15-16-17-18-19-20-21-22(2,3)4;1-2-3-7(4,5)6/h5-21H2,1-4H3;2-3H2,1H3,(H,4,5,6)/q+1;. The van der Waals surface area contributed by atoms with Crippen molar-refractivity contribution in [2.75, 3.05) is 33.4 Å². The van der Waals surface area contributed by atoms with Crippen molar-refractivity contribution in [2.45, 2.75) is 123 Å². The molecule has 4 nitrogen and oxygen atoms in total. The molecule has 0 heterocycles. The van der Waals surface area contributed by atoms with Crippen molar-refractivity contribution in [3.8, 4) is 0 Å². The summed E-state index contributed by atoms with van der Waals surface area (Å²) in [5.41, 5.74) is 0. The van der Waals surface area contributed by atoms with Crippen LogP contribution >= 0.6 is 0 Å². The highest BCUT2D eigenvalue weighted by molar-refractivity contribution is 7.85. The average molecular weight is 437 g/mol. The predicted molar refractivity (Wildman–Crippen MR) is 129 cm³/mol. The molecule has 0 atom stereocenters. The molecule has 0 spiro atoms. The van der Waals surface area contributed by atoms with Crippen LogP contribution in [0.3, 0.4) is 0 Å². The van der Waals surface area contributed by atoms with Crippen molar-refractivity contribution in [2.24, 2.45) is 0 Å². The maximum absolute atomic E-state index is 9.79. The molecule has 0 fully saturated rings. The SMILES string of the molecule is CCCCCCCCCCCCCCCCCC[N+](C)(C)C.CCCS(=O)(=O)O. The van der Waals surface area contributed by atoms with Gasteiger partial charge in [0.05, 0.1) is 33.4 Å². The molecule has 0 unspecified atom stereocenters. The van der Waals surface area contributed by atoms with Gasteiger partial charge in [0.1, 0.15) is 0 Å². The third kappa shape index (κ3) is 35.7. The van der Waals surface area contributed by atoms with Crippen LogP contribution in [-0.4, -0.2) is 50.9 Å². The third-order valence-corrected chi connectivity index (χ3v) is 6.07. The number of nitrogens with zero attached hydrogens (tertiary/aromatic N) is 1. The van der Waals surface area contributed by atoms with Crippen LogP contribution < -0.4 is 0 Å². The first kappa shape index (κ1) is 31.1. The summed E-state index contributed by atoms with van der Waals surface area (Å²) in [5.74, 6) is -0.132. The van der Waals surface area contributed by atoms with Crippen LogP contribution in [0.5, 0.6) is 0 Å². The Bertz CT molecular complexity index is 416. The Balaban J connectivity index is 0. The van der Waals surface area contributed by atoms with Crippen molar-refractivity contribution < 1.29 is 17.5 Å². The topological polar surface area (TPSA) is 54.4 Å². The summed E-state index contributed by atoms with van der Waals surface area (Å²) in [4.78, 5) is 0. The first-order valence-corrected chi connectivity index (χ1v) is 14.0. The van der Waals surface area contributed by atoms with Crippen LogP contribution in [0.1, 0.15) is 123 Å². The van der Waals surface area contributed by atoms with Crippen molar-refractivity contribution in [3.63, 3.8) is 0 Å². The summed E-state index contributed by atoms with van der Waals surface area (Å²) in [6, 6.07) is 0. The number of unbranched alkanes of at least 4 members (excludes halogenated alkanes) is 15. The number of hydrogen-bond acceptors (Lipinski definition) is 2. The molecule has 0 saturated heterocycles. The van der Waals surface area contributed by atoms with E-state index in [0.717, 1.165) is 4.48 Å². The molecule has 5 heteroatoms. The number of quaternary nitrogens is 1. The van der Waals surface area contributed by atoms with E-state index in [2.05, 4.69) is 28.1 Å². The largest absolute Gasteiger partial charge is 0.331 e. The fourth-order valence-corrected chi connectivity index (χ4v) is 3.91. The van der Waals surface area contributed by atoms with E-state index < -0.39 is 10.1 Å². The van der Waals surface area contributed by atoms with Gasteiger partial charge in [-0.05, 0) is 19.3 Å². The Kier molecular flexibility index (Phi) is 22.6. The van der Waals surface area contributed by atoms with E-state index in [4.69, 9.17) is 4.55 Å². The van der Waals surface area contributed by atoms with Gasteiger partial charge < -0.3 is 4.48 Å². The zero-order valence-corrected chi connectivity index (χ0v) is 21.4. The lowest BCUT2D eigenvalue weighted by molar-refractivity contribution is -0.870. The van der Waals surface area contributed by atoms with Crippen molar-refractivity contribution in [3.05, 3.63) is 0 Å². The molecule has 0 radical (unpaired) electrons. The fraction of sp³-hybridized carbons (Fsp3) is 1.00. The molecule has 178 valence electrons. The third-order valence-electron chi connectivity index (χ3n) is 5.14. The smallest absolute Gasteiger partial charge is 0.264 e. The highest BCUT2D eigenvalue weighted by atomic mass is 32.2. The molecule has 0 bridgehead atoms. The summed E-state index contributed by atoms with van der Waals surface area (Å²) in [6.45, 7) is 5.32. The molecule has 0 aromatic rings. The van der Waals surface area contributed by atoms with Gasteiger partial charge in [0.15, 0.2) is 0 Å². The molecule has 0 aromatic carbocycles. The maximum atomic E-state index is 9.79. The molecule has 1 N–H and O–H groups in total. The Morgan fingerprint density at radius 2 is 0.862 bits per heavy atom. The first-order chi connectivity index (χ1) is 13.6. The Hall–Kier alpha value is -0.130. The Morgan fingerprint density at radius 3 is 1.07 bits per heavy atom. The minimum absolute atomic E-state index is 0.132. The van der Waals surface area contributed by atoms with Crippen molar-refractivity contribution in [1.29, 1.82) is 0 Å². The van der Waals surface area contributed by atoms with Crippen LogP contribution in [0.2, 0.25) is 0 Å². The van der Waals surface area contributed by atoms with Gasteiger partial charge in [0.25, 0.3) is 10.1 Å². The summed E-state index contributed by atoms with van der Waals surface area (Å²) in [5, 5.41) is 0. The maximum Gasteiger partial charge on any atom is 0.264 e. The monoisotopic (exact) mass is 436 g/mol. The first-order valence-electron chi connectivity index (χ1n) is 12.4. The minimum atomic E-state index is -3.67. The quantitative estimate of drug-likeness (QED) is 0.132. The molecule has 29 heavy (non-hydrogen) atoms. The summed E-state index contributed by atoms with van der Waals surface area (Å²) >= 11 is 0. The van der Waals surface area contributed by atoms with Gasteiger partial charge in [-0.15, -0.1) is 0 Å². The van der Waals surface area contributed by atoms with E-state index in [9.17, 15) is 8.42 Å². The summed E-state index contributed by atoms with van der Waals surface area (Å²) < 4.78 is 28.7. The second-order valence-corrected chi connectivity index (χ2v) is 11.2. The molecule has 0 aromatic heterocycles. The molecule has 0 amide bonds. The van der Waals surface area contributed by atoms with Crippen LogP contribution in [0.4, 0.5) is 0 Å². The van der Waals surface area contributed by atoms with Crippen LogP contribution in [0.15, 0.2) is 0 Å². The van der Waals surface area contributed by atoms with E-state index in [0.29, 0.717) is 6.42 Å².